The molecule has 5 atom stereocenters. The van der Waals surface area contributed by atoms with Crippen LogP contribution >= 0.6 is 0 Å². The van der Waals surface area contributed by atoms with E-state index in [1.54, 1.807) is 30.3 Å². The lowest BCUT2D eigenvalue weighted by atomic mass is 9.96. The Morgan fingerprint density at radius 3 is 1.97 bits per heavy atom. The van der Waals surface area contributed by atoms with Crippen LogP contribution in [0.4, 0.5) is 4.79 Å². The van der Waals surface area contributed by atoms with Gasteiger partial charge in [-0.25, -0.2) is 4.79 Å². The molecule has 38 heavy (non-hydrogen) atoms. The largest absolute Gasteiger partial charge is 0.463 e. The van der Waals surface area contributed by atoms with E-state index >= 15 is 0 Å². The molecule has 208 valence electrons. The predicted octanol–water partition coefficient (Wildman–Crippen LogP) is 0.112. The molecule has 0 aliphatic carbocycles. The number of benzene rings is 1. The lowest BCUT2D eigenvalue weighted by Crippen LogP contribution is -2.67. The van der Waals surface area contributed by atoms with Gasteiger partial charge in [-0.3, -0.25) is 24.0 Å². The molecule has 14 heteroatoms. The average Bonchev–Trinajstić information content (AvgIpc) is 2.83. The maximum absolute atomic E-state index is 12.7. The Morgan fingerprint density at radius 1 is 0.789 bits per heavy atom. The van der Waals surface area contributed by atoms with Crippen molar-refractivity contribution in [2.45, 2.75) is 64.9 Å². The fourth-order valence-electron chi connectivity index (χ4n) is 3.48. The van der Waals surface area contributed by atoms with Crippen LogP contribution < -0.4 is 10.6 Å². The van der Waals surface area contributed by atoms with Gasteiger partial charge in [0.25, 0.3) is 0 Å². The van der Waals surface area contributed by atoms with Crippen molar-refractivity contribution in [3.05, 3.63) is 35.9 Å². The standard InChI is InChI=1S/C24H30N2O12/c1-13(27)33-12-18-21(35-14(2)28)22(36-15(3)29)20(23(38-18)37-16(4)30)26-19(31)10-25-24(32)34-11-17-8-6-5-7-9-17/h5-9,18,20-23H,10-12H2,1-4H3,(H,25,32)(H,26,31)/t18-,20+,21+,22-,23-/m1/s1. The fourth-order valence-corrected chi connectivity index (χ4v) is 3.48. The van der Waals surface area contributed by atoms with E-state index < -0.39 is 79.7 Å². The van der Waals surface area contributed by atoms with Crippen LogP contribution in [0.25, 0.3) is 0 Å². The first-order valence-corrected chi connectivity index (χ1v) is 11.5. The Hall–Kier alpha value is -4.20. The van der Waals surface area contributed by atoms with Gasteiger partial charge in [-0.2, -0.15) is 0 Å². The highest BCUT2D eigenvalue weighted by Crippen LogP contribution is 2.28. The molecule has 0 radical (unpaired) electrons. The number of alkyl carbamates (subject to hydrolysis) is 1. The van der Waals surface area contributed by atoms with Crippen molar-refractivity contribution in [3.8, 4) is 0 Å². The second kappa shape index (κ2) is 14.5. The molecule has 1 saturated heterocycles. The van der Waals surface area contributed by atoms with Gasteiger partial charge in [-0.15, -0.1) is 0 Å². The zero-order valence-corrected chi connectivity index (χ0v) is 21.3. The Bertz CT molecular complexity index is 1010. The van der Waals surface area contributed by atoms with E-state index in [-0.39, 0.29) is 6.61 Å². The number of carbonyl (C=O) groups is 6. The minimum absolute atomic E-state index is 0.0262. The molecule has 1 heterocycles. The van der Waals surface area contributed by atoms with Gasteiger partial charge in [0.2, 0.25) is 12.2 Å². The summed E-state index contributed by atoms with van der Waals surface area (Å²) in [5.74, 6) is -3.89. The third-order valence-corrected chi connectivity index (χ3v) is 4.92. The zero-order valence-electron chi connectivity index (χ0n) is 21.3. The first-order chi connectivity index (χ1) is 18.0. The Kier molecular flexibility index (Phi) is 11.5. The zero-order chi connectivity index (χ0) is 28.2. The summed E-state index contributed by atoms with van der Waals surface area (Å²) in [6.07, 6.45) is -6.44. The van der Waals surface area contributed by atoms with Crippen molar-refractivity contribution < 1.29 is 57.2 Å². The Balaban J connectivity index is 2.17. The monoisotopic (exact) mass is 538 g/mol. The van der Waals surface area contributed by atoms with Crippen LogP contribution in [0.1, 0.15) is 33.3 Å². The molecule has 1 aliphatic rings. The number of nitrogens with one attached hydrogen (secondary N) is 2. The summed E-state index contributed by atoms with van der Waals surface area (Å²) < 4.78 is 31.4. The van der Waals surface area contributed by atoms with Crippen molar-refractivity contribution in [3.63, 3.8) is 0 Å². The van der Waals surface area contributed by atoms with Crippen LogP contribution in [0.5, 0.6) is 0 Å². The lowest BCUT2D eigenvalue weighted by molar-refractivity contribution is -0.271. The molecule has 1 aliphatic heterocycles. The van der Waals surface area contributed by atoms with Crippen LogP contribution in [0.15, 0.2) is 30.3 Å². The van der Waals surface area contributed by atoms with Crippen molar-refractivity contribution in [2.24, 2.45) is 0 Å². The summed E-state index contributed by atoms with van der Waals surface area (Å²) in [5.41, 5.74) is 0.736. The highest BCUT2D eigenvalue weighted by molar-refractivity contribution is 5.82. The molecule has 2 rings (SSSR count). The van der Waals surface area contributed by atoms with Crippen molar-refractivity contribution in [2.75, 3.05) is 13.2 Å². The van der Waals surface area contributed by atoms with E-state index in [0.29, 0.717) is 0 Å². The third kappa shape index (κ3) is 10.0. The van der Waals surface area contributed by atoms with E-state index in [2.05, 4.69) is 10.6 Å². The summed E-state index contributed by atoms with van der Waals surface area (Å²) in [5, 5.41) is 4.73. The first-order valence-electron chi connectivity index (χ1n) is 11.5. The maximum atomic E-state index is 12.7. The molecule has 0 saturated carbocycles. The minimum atomic E-state index is -1.54. The number of amides is 2. The fraction of sp³-hybridized carbons (Fsp3) is 0.500. The van der Waals surface area contributed by atoms with Crippen LogP contribution in [-0.4, -0.2) is 79.7 Å². The van der Waals surface area contributed by atoms with Crippen LogP contribution in [0, 0.1) is 0 Å². The lowest BCUT2D eigenvalue weighted by Gasteiger charge is -2.44. The normalized spacial score (nSPS) is 22.3. The van der Waals surface area contributed by atoms with Crippen molar-refractivity contribution in [1.82, 2.24) is 10.6 Å². The third-order valence-electron chi connectivity index (χ3n) is 4.92. The van der Waals surface area contributed by atoms with Crippen LogP contribution in [-0.2, 0) is 59.0 Å². The molecule has 1 aromatic carbocycles. The molecule has 0 unspecified atom stereocenters. The molecule has 1 aromatic rings. The quantitative estimate of drug-likeness (QED) is 0.303. The summed E-state index contributed by atoms with van der Waals surface area (Å²) in [6, 6.07) is 7.48. The van der Waals surface area contributed by atoms with E-state index in [0.717, 1.165) is 33.3 Å². The van der Waals surface area contributed by atoms with Crippen LogP contribution in [0.2, 0.25) is 0 Å². The summed E-state index contributed by atoms with van der Waals surface area (Å²) >= 11 is 0. The molecule has 0 bridgehead atoms. The summed E-state index contributed by atoms with van der Waals surface area (Å²) in [4.78, 5) is 71.5. The molecular weight excluding hydrogens is 508 g/mol. The molecule has 0 aromatic heterocycles. The molecule has 2 amide bonds. The minimum Gasteiger partial charge on any atom is -0.463 e. The van der Waals surface area contributed by atoms with Gasteiger partial charge < -0.3 is 39.1 Å². The highest BCUT2D eigenvalue weighted by atomic mass is 16.7. The molecular formula is C24H30N2O12. The van der Waals surface area contributed by atoms with Gasteiger partial charge in [0.05, 0.1) is 0 Å². The van der Waals surface area contributed by atoms with E-state index in [1.165, 1.54) is 0 Å². The van der Waals surface area contributed by atoms with Gasteiger partial charge >= 0.3 is 30.0 Å². The number of ether oxygens (including phenoxy) is 6. The Labute approximate surface area is 218 Å². The average molecular weight is 539 g/mol. The number of rotatable bonds is 10. The smallest absolute Gasteiger partial charge is 0.407 e. The van der Waals surface area contributed by atoms with Gasteiger partial charge in [-0.05, 0) is 5.56 Å². The SMILES string of the molecule is CC(=O)OC[C@H]1O[C@@H](OC(C)=O)[C@@H](NC(=O)CNC(=O)OCc2ccccc2)[C@@H](OC(C)=O)[C@H]1OC(C)=O. The molecule has 2 N–H and O–H groups in total. The molecule has 1 fully saturated rings. The number of carbonyl (C=O) groups excluding carboxylic acids is 6. The van der Waals surface area contributed by atoms with Gasteiger partial charge in [0, 0.05) is 27.7 Å². The second-order valence-corrected chi connectivity index (χ2v) is 8.11. The summed E-state index contributed by atoms with van der Waals surface area (Å²) in [7, 11) is 0. The number of esters is 4. The molecule has 0 spiro atoms. The first kappa shape index (κ1) is 30.0. The van der Waals surface area contributed by atoms with Gasteiger partial charge in [-0.1, -0.05) is 30.3 Å². The topological polar surface area (TPSA) is 182 Å². The summed E-state index contributed by atoms with van der Waals surface area (Å²) in [6.45, 7) is 3.33. The van der Waals surface area contributed by atoms with Gasteiger partial charge in [0.1, 0.15) is 31.9 Å². The van der Waals surface area contributed by atoms with Crippen molar-refractivity contribution >= 4 is 35.9 Å². The maximum Gasteiger partial charge on any atom is 0.407 e. The molecule has 14 nitrogen and oxygen atoms in total. The highest BCUT2D eigenvalue weighted by Gasteiger charge is 2.52. The number of hydrogen-bond donors (Lipinski definition) is 2. The number of hydrogen-bond acceptors (Lipinski definition) is 12. The van der Waals surface area contributed by atoms with E-state index in [1.807, 2.05) is 0 Å². The van der Waals surface area contributed by atoms with Crippen molar-refractivity contribution in [1.29, 1.82) is 0 Å². The van der Waals surface area contributed by atoms with E-state index in [4.69, 9.17) is 28.4 Å². The van der Waals surface area contributed by atoms with Crippen LogP contribution in [0.3, 0.4) is 0 Å². The van der Waals surface area contributed by atoms with E-state index in [9.17, 15) is 28.8 Å². The second-order valence-electron chi connectivity index (χ2n) is 8.11. The predicted molar refractivity (Wildman–Crippen MR) is 125 cm³/mol. The Morgan fingerprint density at radius 2 is 1.39 bits per heavy atom. The van der Waals surface area contributed by atoms with Gasteiger partial charge in [0.15, 0.2) is 12.2 Å².